The maximum absolute atomic E-state index is 12.8. The zero-order valence-electron chi connectivity index (χ0n) is 10.3. The second-order valence-electron chi connectivity index (χ2n) is 3.82. The molecule has 7 heteroatoms. The lowest BCUT2D eigenvalue weighted by Crippen LogP contribution is -2.25. The molecule has 0 bridgehead atoms. The number of hydrogen-bond acceptors (Lipinski definition) is 2. The fourth-order valence-electron chi connectivity index (χ4n) is 1.51. The minimum atomic E-state index is -4.42. The van der Waals surface area contributed by atoms with Crippen molar-refractivity contribution in [3.63, 3.8) is 0 Å². The van der Waals surface area contributed by atoms with Gasteiger partial charge in [0, 0.05) is 29.7 Å². The van der Waals surface area contributed by atoms with Gasteiger partial charge in [-0.2, -0.15) is 13.2 Å². The third-order valence-electron chi connectivity index (χ3n) is 2.33. The molecule has 0 heterocycles. The summed E-state index contributed by atoms with van der Waals surface area (Å²) in [6.07, 6.45) is -4.30. The average Bonchev–Trinajstić information content (AvgIpc) is 2.27. The second kappa shape index (κ2) is 6.79. The van der Waals surface area contributed by atoms with Crippen LogP contribution < -0.4 is 10.6 Å². The Bertz CT molecular complexity index is 449. The van der Waals surface area contributed by atoms with E-state index in [4.69, 9.17) is 0 Å². The van der Waals surface area contributed by atoms with Crippen LogP contribution in [0, 0.1) is 0 Å². The smallest absolute Gasteiger partial charge is 0.384 e. The van der Waals surface area contributed by atoms with Crippen molar-refractivity contribution < 1.29 is 18.0 Å². The fraction of sp³-hybridized carbons (Fsp3) is 0.417. The minimum Gasteiger partial charge on any atom is -0.384 e. The normalized spacial score (nSPS) is 11.2. The lowest BCUT2D eigenvalue weighted by molar-refractivity contribution is -0.137. The Morgan fingerprint density at radius 3 is 2.63 bits per heavy atom. The number of carbonyl (C=O) groups excluding carboxylic acids is 1. The van der Waals surface area contributed by atoms with Gasteiger partial charge in [0.1, 0.15) is 0 Å². The Hall–Kier alpha value is -1.24. The summed E-state index contributed by atoms with van der Waals surface area (Å²) in [6.45, 7) is 2.43. The molecule has 0 fully saturated rings. The molecule has 0 saturated carbocycles. The zero-order chi connectivity index (χ0) is 14.5. The van der Waals surface area contributed by atoms with E-state index in [0.717, 1.165) is 6.07 Å². The van der Waals surface area contributed by atoms with E-state index in [9.17, 15) is 18.0 Å². The highest BCUT2D eigenvalue weighted by molar-refractivity contribution is 9.10. The lowest BCUT2D eigenvalue weighted by Gasteiger charge is -2.14. The Balaban J connectivity index is 2.72. The summed E-state index contributed by atoms with van der Waals surface area (Å²) in [5.41, 5.74) is -0.780. The zero-order valence-corrected chi connectivity index (χ0v) is 11.9. The van der Waals surface area contributed by atoms with Gasteiger partial charge in [-0.25, -0.2) is 0 Å². The molecule has 2 N–H and O–H groups in total. The Morgan fingerprint density at radius 1 is 1.37 bits per heavy atom. The van der Waals surface area contributed by atoms with Crippen LogP contribution >= 0.6 is 15.9 Å². The molecule has 1 rings (SSSR count). The van der Waals surface area contributed by atoms with Crippen LogP contribution in [0.2, 0.25) is 0 Å². The highest BCUT2D eigenvalue weighted by Crippen LogP contribution is 2.36. The van der Waals surface area contributed by atoms with Gasteiger partial charge >= 0.3 is 6.18 Å². The Kier molecular flexibility index (Phi) is 5.65. The molecule has 0 aliphatic carbocycles. The van der Waals surface area contributed by atoms with Crippen molar-refractivity contribution in [2.75, 3.05) is 18.4 Å². The molecule has 1 aromatic carbocycles. The van der Waals surface area contributed by atoms with Crippen LogP contribution in [0.15, 0.2) is 22.7 Å². The van der Waals surface area contributed by atoms with E-state index in [1.54, 1.807) is 6.92 Å². The van der Waals surface area contributed by atoms with Gasteiger partial charge in [-0.1, -0.05) is 15.9 Å². The first-order valence-corrected chi connectivity index (χ1v) is 6.51. The van der Waals surface area contributed by atoms with E-state index >= 15 is 0 Å². The Morgan fingerprint density at radius 2 is 2.05 bits per heavy atom. The summed E-state index contributed by atoms with van der Waals surface area (Å²) in [5.74, 6) is -0.196. The first kappa shape index (κ1) is 15.8. The average molecular weight is 339 g/mol. The number of alkyl halides is 3. The van der Waals surface area contributed by atoms with Crippen molar-refractivity contribution in [2.45, 2.75) is 19.5 Å². The molecule has 0 aliphatic rings. The molecule has 19 heavy (non-hydrogen) atoms. The van der Waals surface area contributed by atoms with E-state index in [2.05, 4.69) is 26.6 Å². The molecule has 0 unspecified atom stereocenters. The standard InChI is InChI=1S/C12H14BrF3N2O/c1-2-17-11(19)5-6-18-10-7-8(13)3-4-9(10)12(14,15)16/h3-4,7,18H,2,5-6H2,1H3,(H,17,19). The van der Waals surface area contributed by atoms with Crippen molar-refractivity contribution >= 4 is 27.5 Å². The van der Waals surface area contributed by atoms with Crippen LogP contribution in [0.5, 0.6) is 0 Å². The van der Waals surface area contributed by atoms with Crippen LogP contribution in [0.1, 0.15) is 18.9 Å². The molecule has 106 valence electrons. The van der Waals surface area contributed by atoms with E-state index in [1.807, 2.05) is 0 Å². The predicted octanol–water partition coefficient (Wildman–Crippen LogP) is 3.41. The number of benzene rings is 1. The van der Waals surface area contributed by atoms with Crippen LogP contribution in [0.4, 0.5) is 18.9 Å². The monoisotopic (exact) mass is 338 g/mol. The minimum absolute atomic E-state index is 0.0360. The number of halogens is 4. The number of amides is 1. The number of nitrogens with one attached hydrogen (secondary N) is 2. The van der Waals surface area contributed by atoms with Gasteiger partial charge < -0.3 is 10.6 Å². The predicted molar refractivity (Wildman–Crippen MR) is 70.9 cm³/mol. The summed E-state index contributed by atoms with van der Waals surface area (Å²) in [5, 5.41) is 5.22. The van der Waals surface area contributed by atoms with E-state index < -0.39 is 11.7 Å². The third kappa shape index (κ3) is 5.10. The van der Waals surface area contributed by atoms with Crippen LogP contribution in [-0.4, -0.2) is 19.0 Å². The first-order valence-electron chi connectivity index (χ1n) is 5.72. The van der Waals surface area contributed by atoms with Gasteiger partial charge in [0.25, 0.3) is 0 Å². The van der Waals surface area contributed by atoms with Crippen molar-refractivity contribution in [3.05, 3.63) is 28.2 Å². The highest BCUT2D eigenvalue weighted by Gasteiger charge is 2.33. The quantitative estimate of drug-likeness (QED) is 0.863. The summed E-state index contributed by atoms with van der Waals surface area (Å²) in [4.78, 5) is 11.2. The number of hydrogen-bond donors (Lipinski definition) is 2. The van der Waals surface area contributed by atoms with Crippen LogP contribution in [-0.2, 0) is 11.0 Å². The molecule has 0 saturated heterocycles. The SMILES string of the molecule is CCNC(=O)CCNc1cc(Br)ccc1C(F)(F)F. The van der Waals surface area contributed by atoms with E-state index in [1.165, 1.54) is 12.1 Å². The maximum atomic E-state index is 12.8. The van der Waals surface area contributed by atoms with Crippen LogP contribution in [0.25, 0.3) is 0 Å². The molecule has 3 nitrogen and oxygen atoms in total. The molecule has 0 aromatic heterocycles. The molecule has 0 atom stereocenters. The van der Waals surface area contributed by atoms with Gasteiger partial charge in [0.15, 0.2) is 0 Å². The summed E-state index contributed by atoms with van der Waals surface area (Å²) in [7, 11) is 0. The molecule has 0 radical (unpaired) electrons. The van der Waals surface area contributed by atoms with Crippen LogP contribution in [0.3, 0.4) is 0 Å². The van der Waals surface area contributed by atoms with Crippen molar-refractivity contribution in [3.8, 4) is 0 Å². The van der Waals surface area contributed by atoms with Gasteiger partial charge in [-0.05, 0) is 25.1 Å². The lowest BCUT2D eigenvalue weighted by atomic mass is 10.1. The molecule has 0 spiro atoms. The first-order chi connectivity index (χ1) is 8.84. The van der Waals surface area contributed by atoms with Crippen molar-refractivity contribution in [1.29, 1.82) is 0 Å². The Labute approximate surface area is 117 Å². The molecule has 1 amide bonds. The third-order valence-corrected chi connectivity index (χ3v) is 2.82. The number of carbonyl (C=O) groups is 1. The number of rotatable bonds is 5. The van der Waals surface area contributed by atoms with Gasteiger partial charge in [-0.3, -0.25) is 4.79 Å². The van der Waals surface area contributed by atoms with E-state index in [0.29, 0.717) is 11.0 Å². The molecular weight excluding hydrogens is 325 g/mol. The topological polar surface area (TPSA) is 41.1 Å². The summed E-state index contributed by atoms with van der Waals surface area (Å²) in [6, 6.07) is 3.68. The second-order valence-corrected chi connectivity index (χ2v) is 4.73. The molecular formula is C12H14BrF3N2O. The molecule has 0 aliphatic heterocycles. The highest BCUT2D eigenvalue weighted by atomic mass is 79.9. The van der Waals surface area contributed by atoms with Gasteiger partial charge in [-0.15, -0.1) is 0 Å². The molecule has 1 aromatic rings. The van der Waals surface area contributed by atoms with Gasteiger partial charge in [0.05, 0.1) is 5.56 Å². The maximum Gasteiger partial charge on any atom is 0.418 e. The number of anilines is 1. The fourth-order valence-corrected chi connectivity index (χ4v) is 1.87. The van der Waals surface area contributed by atoms with Crippen molar-refractivity contribution in [2.24, 2.45) is 0 Å². The van der Waals surface area contributed by atoms with E-state index in [-0.39, 0.29) is 24.6 Å². The largest absolute Gasteiger partial charge is 0.418 e. The van der Waals surface area contributed by atoms with Crippen molar-refractivity contribution in [1.82, 2.24) is 5.32 Å². The summed E-state index contributed by atoms with van der Waals surface area (Å²) >= 11 is 3.12. The van der Waals surface area contributed by atoms with Gasteiger partial charge in [0.2, 0.25) is 5.91 Å². The summed E-state index contributed by atoms with van der Waals surface area (Å²) < 4.78 is 38.8.